The first kappa shape index (κ1) is 9.21. The van der Waals surface area contributed by atoms with Gasteiger partial charge in [-0.2, -0.15) is 0 Å². The monoisotopic (exact) mass is 194 g/mol. The molecular formula is C9H14N4O. The topological polar surface area (TPSA) is 75.0 Å². The second kappa shape index (κ2) is 3.42. The summed E-state index contributed by atoms with van der Waals surface area (Å²) in [5.74, 6) is 0.221. The number of nitrogen functional groups attached to an aromatic ring is 1. The molecule has 5 nitrogen and oxygen atoms in total. The molecule has 0 spiro atoms. The van der Waals surface area contributed by atoms with Gasteiger partial charge in [-0.05, 0) is 6.54 Å². The van der Waals surface area contributed by atoms with Crippen molar-refractivity contribution in [3.8, 4) is 0 Å². The number of H-pyrrole nitrogens is 1. The van der Waals surface area contributed by atoms with Crippen LogP contribution in [0.15, 0.2) is 4.79 Å². The molecule has 0 radical (unpaired) electrons. The lowest BCUT2D eigenvalue weighted by atomic mass is 10.1. The Balaban J connectivity index is 2.42. The van der Waals surface area contributed by atoms with Crippen LogP contribution in [0.5, 0.6) is 0 Å². The number of nitrogens with zero attached hydrogens (tertiary/aromatic N) is 2. The molecule has 3 N–H and O–H groups in total. The van der Waals surface area contributed by atoms with Gasteiger partial charge in [-0.15, -0.1) is 0 Å². The van der Waals surface area contributed by atoms with Gasteiger partial charge < -0.3 is 5.73 Å². The third-order valence-electron chi connectivity index (χ3n) is 2.61. The Bertz CT molecular complexity index is 398. The van der Waals surface area contributed by atoms with Gasteiger partial charge in [0.1, 0.15) is 0 Å². The van der Waals surface area contributed by atoms with E-state index in [-0.39, 0.29) is 11.5 Å². The van der Waals surface area contributed by atoms with Crippen molar-refractivity contribution in [2.24, 2.45) is 0 Å². The summed E-state index contributed by atoms with van der Waals surface area (Å²) >= 11 is 0. The van der Waals surface area contributed by atoms with Gasteiger partial charge in [0, 0.05) is 19.5 Å². The highest BCUT2D eigenvalue weighted by Crippen LogP contribution is 2.13. The van der Waals surface area contributed by atoms with Crippen LogP contribution in [-0.4, -0.2) is 28.0 Å². The van der Waals surface area contributed by atoms with E-state index < -0.39 is 0 Å². The van der Waals surface area contributed by atoms with Crippen LogP contribution in [0, 0.1) is 0 Å². The summed E-state index contributed by atoms with van der Waals surface area (Å²) in [6, 6.07) is 0. The summed E-state index contributed by atoms with van der Waals surface area (Å²) in [5.41, 5.74) is 7.01. The molecule has 0 fully saturated rings. The number of anilines is 1. The number of aromatic nitrogens is 2. The Labute approximate surface area is 82.0 Å². The average molecular weight is 194 g/mol. The molecule has 1 aromatic rings. The van der Waals surface area contributed by atoms with E-state index in [0.29, 0.717) is 6.54 Å². The Kier molecular flexibility index (Phi) is 2.25. The first-order valence-electron chi connectivity index (χ1n) is 4.80. The molecule has 0 saturated heterocycles. The first-order chi connectivity index (χ1) is 6.70. The number of hydrogen-bond donors (Lipinski definition) is 2. The van der Waals surface area contributed by atoms with Crippen LogP contribution in [0.3, 0.4) is 0 Å². The number of fused-ring (bicyclic) bond motifs is 1. The summed E-state index contributed by atoms with van der Waals surface area (Å²) in [6.45, 7) is 4.70. The smallest absolute Gasteiger partial charge is 0.257 e. The van der Waals surface area contributed by atoms with Crippen molar-refractivity contribution in [2.45, 2.75) is 19.9 Å². The van der Waals surface area contributed by atoms with Gasteiger partial charge in [-0.25, -0.2) is 4.98 Å². The average Bonchev–Trinajstić information content (AvgIpc) is 2.17. The Morgan fingerprint density at radius 1 is 1.64 bits per heavy atom. The number of aromatic amines is 1. The van der Waals surface area contributed by atoms with E-state index in [0.717, 1.165) is 30.8 Å². The summed E-state index contributed by atoms with van der Waals surface area (Å²) in [7, 11) is 0. The minimum atomic E-state index is -0.0920. The predicted molar refractivity (Wildman–Crippen MR) is 53.9 cm³/mol. The molecule has 0 amide bonds. The molecular weight excluding hydrogens is 180 g/mol. The number of nitrogens with two attached hydrogens (primary N) is 1. The van der Waals surface area contributed by atoms with Crippen molar-refractivity contribution in [2.75, 3.05) is 18.8 Å². The van der Waals surface area contributed by atoms with Crippen LogP contribution in [0.2, 0.25) is 0 Å². The quantitative estimate of drug-likeness (QED) is 0.645. The molecule has 2 rings (SSSR count). The second-order valence-corrected chi connectivity index (χ2v) is 3.50. The molecule has 1 aliphatic rings. The van der Waals surface area contributed by atoms with Crippen LogP contribution in [0.25, 0.3) is 0 Å². The number of hydrogen-bond acceptors (Lipinski definition) is 4. The predicted octanol–water partition coefficient (Wildman–Crippen LogP) is -0.270. The minimum absolute atomic E-state index is 0.0920. The molecule has 0 aromatic carbocycles. The van der Waals surface area contributed by atoms with Crippen LogP contribution in [0.4, 0.5) is 5.95 Å². The van der Waals surface area contributed by atoms with E-state index in [2.05, 4.69) is 21.8 Å². The first-order valence-corrected chi connectivity index (χ1v) is 4.80. The maximum Gasteiger partial charge on any atom is 0.257 e. The maximum absolute atomic E-state index is 11.5. The molecule has 0 unspecified atom stereocenters. The summed E-state index contributed by atoms with van der Waals surface area (Å²) < 4.78 is 0. The zero-order chi connectivity index (χ0) is 10.1. The van der Waals surface area contributed by atoms with E-state index in [1.807, 2.05) is 0 Å². The van der Waals surface area contributed by atoms with Gasteiger partial charge in [0.05, 0.1) is 11.3 Å². The van der Waals surface area contributed by atoms with Crippen LogP contribution >= 0.6 is 0 Å². The second-order valence-electron chi connectivity index (χ2n) is 3.50. The van der Waals surface area contributed by atoms with Gasteiger partial charge >= 0.3 is 0 Å². The highest BCUT2D eigenvalue weighted by atomic mass is 16.1. The lowest BCUT2D eigenvalue weighted by Gasteiger charge is -2.25. The minimum Gasteiger partial charge on any atom is -0.369 e. The number of nitrogens with one attached hydrogen (secondary N) is 1. The fourth-order valence-corrected chi connectivity index (χ4v) is 1.77. The van der Waals surface area contributed by atoms with Crippen molar-refractivity contribution in [3.05, 3.63) is 21.6 Å². The molecule has 2 heterocycles. The Morgan fingerprint density at radius 3 is 3.14 bits per heavy atom. The summed E-state index contributed by atoms with van der Waals surface area (Å²) in [5, 5.41) is 0. The van der Waals surface area contributed by atoms with E-state index in [4.69, 9.17) is 5.73 Å². The molecule has 14 heavy (non-hydrogen) atoms. The third kappa shape index (κ3) is 1.50. The summed E-state index contributed by atoms with van der Waals surface area (Å²) in [6.07, 6.45) is 0.817. The molecule has 5 heteroatoms. The lowest BCUT2D eigenvalue weighted by Crippen LogP contribution is -2.35. The van der Waals surface area contributed by atoms with Gasteiger partial charge in [0.15, 0.2) is 0 Å². The molecule has 0 saturated carbocycles. The molecule has 1 aromatic heterocycles. The van der Waals surface area contributed by atoms with Crippen LogP contribution < -0.4 is 11.3 Å². The van der Waals surface area contributed by atoms with Gasteiger partial charge in [0.2, 0.25) is 5.95 Å². The normalized spacial score (nSPS) is 16.6. The molecule has 0 aliphatic carbocycles. The number of rotatable bonds is 1. The van der Waals surface area contributed by atoms with E-state index >= 15 is 0 Å². The van der Waals surface area contributed by atoms with Gasteiger partial charge in [-0.1, -0.05) is 6.92 Å². The van der Waals surface area contributed by atoms with Crippen molar-refractivity contribution >= 4 is 5.95 Å². The highest BCUT2D eigenvalue weighted by molar-refractivity contribution is 5.27. The zero-order valence-corrected chi connectivity index (χ0v) is 8.21. The van der Waals surface area contributed by atoms with Gasteiger partial charge in [0.25, 0.3) is 5.56 Å². The van der Waals surface area contributed by atoms with E-state index in [1.165, 1.54) is 0 Å². The largest absolute Gasteiger partial charge is 0.369 e. The molecule has 0 bridgehead atoms. The molecule has 0 atom stereocenters. The standard InChI is InChI=1S/C9H14N4O/c1-2-13-4-3-7-6(5-13)8(14)12-9(10)11-7/h2-5H2,1H3,(H3,10,11,12,14). The molecule has 76 valence electrons. The highest BCUT2D eigenvalue weighted by Gasteiger charge is 2.19. The third-order valence-corrected chi connectivity index (χ3v) is 2.61. The summed E-state index contributed by atoms with van der Waals surface area (Å²) in [4.78, 5) is 20.4. The lowest BCUT2D eigenvalue weighted by molar-refractivity contribution is 0.264. The fraction of sp³-hybridized carbons (Fsp3) is 0.556. The fourth-order valence-electron chi connectivity index (χ4n) is 1.77. The van der Waals surface area contributed by atoms with E-state index in [1.54, 1.807) is 0 Å². The van der Waals surface area contributed by atoms with Crippen LogP contribution in [-0.2, 0) is 13.0 Å². The zero-order valence-electron chi connectivity index (χ0n) is 8.21. The number of likely N-dealkylation sites (N-methyl/N-ethyl adjacent to an activating group) is 1. The van der Waals surface area contributed by atoms with Crippen molar-refractivity contribution in [1.82, 2.24) is 14.9 Å². The van der Waals surface area contributed by atoms with Crippen molar-refractivity contribution in [3.63, 3.8) is 0 Å². The van der Waals surface area contributed by atoms with Crippen molar-refractivity contribution < 1.29 is 0 Å². The molecule has 1 aliphatic heterocycles. The van der Waals surface area contributed by atoms with Crippen molar-refractivity contribution in [1.29, 1.82) is 0 Å². The van der Waals surface area contributed by atoms with Crippen LogP contribution in [0.1, 0.15) is 18.2 Å². The maximum atomic E-state index is 11.5. The van der Waals surface area contributed by atoms with Gasteiger partial charge in [-0.3, -0.25) is 14.7 Å². The SMILES string of the molecule is CCN1CCc2nc(N)[nH]c(=O)c2C1. The Hall–Kier alpha value is -1.36. The Morgan fingerprint density at radius 2 is 2.43 bits per heavy atom. The van der Waals surface area contributed by atoms with E-state index in [9.17, 15) is 4.79 Å².